The number of furan rings is 1. The molecule has 0 bridgehead atoms. The number of carbonyl (C=O) groups is 1. The lowest BCUT2D eigenvalue weighted by atomic mass is 9.86. The molecule has 5 heteroatoms. The lowest BCUT2D eigenvalue weighted by molar-refractivity contribution is 0.0599. The summed E-state index contributed by atoms with van der Waals surface area (Å²) in [7, 11) is 3.46. The minimum atomic E-state index is -0.353. The van der Waals surface area contributed by atoms with Gasteiger partial charge in [-0.3, -0.25) is 4.90 Å². The highest BCUT2D eigenvalue weighted by atomic mass is 16.5. The smallest absolute Gasteiger partial charge is 0.341 e. The molecule has 1 aromatic heterocycles. The van der Waals surface area contributed by atoms with Gasteiger partial charge in [0.25, 0.3) is 0 Å². The van der Waals surface area contributed by atoms with E-state index >= 15 is 0 Å². The molecule has 0 aliphatic heterocycles. The number of methoxy groups -OCH3 is 1. The fourth-order valence-corrected chi connectivity index (χ4v) is 3.08. The first-order chi connectivity index (χ1) is 10.0. The Kier molecular flexibility index (Phi) is 5.42. The third-order valence-corrected chi connectivity index (χ3v) is 4.48. The van der Waals surface area contributed by atoms with Crippen LogP contribution in [0.1, 0.15) is 47.6 Å². The number of aliphatic hydroxyl groups excluding tert-OH is 1. The van der Waals surface area contributed by atoms with Gasteiger partial charge in [0.15, 0.2) is 0 Å². The zero-order valence-corrected chi connectivity index (χ0v) is 13.1. The van der Waals surface area contributed by atoms with Gasteiger partial charge < -0.3 is 14.3 Å². The zero-order valence-electron chi connectivity index (χ0n) is 13.1. The molecule has 5 nitrogen and oxygen atoms in total. The van der Waals surface area contributed by atoms with E-state index in [0.717, 1.165) is 31.4 Å². The van der Waals surface area contributed by atoms with Crippen LogP contribution in [0.25, 0.3) is 0 Å². The maximum absolute atomic E-state index is 11.6. The number of esters is 1. The topological polar surface area (TPSA) is 62.9 Å². The number of ether oxygens (including phenoxy) is 1. The Balaban J connectivity index is 1.94. The molecule has 1 saturated carbocycles. The van der Waals surface area contributed by atoms with E-state index in [1.165, 1.54) is 7.11 Å². The number of aliphatic hydroxyl groups is 1. The lowest BCUT2D eigenvalue weighted by Crippen LogP contribution is -2.35. The molecule has 1 fully saturated rings. The summed E-state index contributed by atoms with van der Waals surface area (Å²) in [5.74, 6) is 1.51. The molecule has 1 aromatic rings. The molecule has 0 amide bonds. The second-order valence-electron chi connectivity index (χ2n) is 5.95. The zero-order chi connectivity index (χ0) is 15.4. The molecular formula is C16H25NO4. The quantitative estimate of drug-likeness (QED) is 0.845. The Morgan fingerprint density at radius 2 is 2.10 bits per heavy atom. The van der Waals surface area contributed by atoms with Crippen LogP contribution < -0.4 is 0 Å². The van der Waals surface area contributed by atoms with Crippen molar-refractivity contribution in [3.05, 3.63) is 23.2 Å². The highest BCUT2D eigenvalue weighted by Gasteiger charge is 2.24. The van der Waals surface area contributed by atoms with Gasteiger partial charge in [-0.25, -0.2) is 4.79 Å². The van der Waals surface area contributed by atoms with E-state index in [9.17, 15) is 9.90 Å². The summed E-state index contributed by atoms with van der Waals surface area (Å²) in [5, 5.41) is 9.19. The van der Waals surface area contributed by atoms with Gasteiger partial charge in [-0.2, -0.15) is 0 Å². The number of hydrogen-bond acceptors (Lipinski definition) is 5. The van der Waals surface area contributed by atoms with Gasteiger partial charge >= 0.3 is 5.97 Å². The summed E-state index contributed by atoms with van der Waals surface area (Å²) in [6, 6.07) is 2.29. The minimum Gasteiger partial charge on any atom is -0.465 e. The van der Waals surface area contributed by atoms with Gasteiger partial charge in [-0.15, -0.1) is 0 Å². The number of aryl methyl sites for hydroxylation is 1. The summed E-state index contributed by atoms with van der Waals surface area (Å²) in [6.45, 7) is 2.77. The standard InChI is InChI=1S/C16H25NO4/c1-11-15(16(19)20-3)8-14(21-11)9-17(2)13-6-4-12(10-18)5-7-13/h8,12-13,18H,4-7,9-10H2,1-3H3. The van der Waals surface area contributed by atoms with Gasteiger partial charge in [0.1, 0.15) is 17.1 Å². The molecule has 0 saturated heterocycles. The van der Waals surface area contributed by atoms with Crippen molar-refractivity contribution >= 4 is 5.97 Å². The predicted molar refractivity (Wildman–Crippen MR) is 79.1 cm³/mol. The van der Waals surface area contributed by atoms with Gasteiger partial charge in [0.05, 0.1) is 13.7 Å². The van der Waals surface area contributed by atoms with Crippen LogP contribution in [0.4, 0.5) is 0 Å². The van der Waals surface area contributed by atoms with Crippen LogP contribution in [0, 0.1) is 12.8 Å². The van der Waals surface area contributed by atoms with Gasteiger partial charge in [0, 0.05) is 12.6 Å². The number of rotatable bonds is 5. The van der Waals surface area contributed by atoms with Crippen LogP contribution in [0.3, 0.4) is 0 Å². The van der Waals surface area contributed by atoms with Crippen LogP contribution in [0.2, 0.25) is 0 Å². The molecule has 1 aliphatic rings. The molecule has 0 radical (unpaired) electrons. The van der Waals surface area contributed by atoms with Gasteiger partial charge in [-0.1, -0.05) is 0 Å². The highest BCUT2D eigenvalue weighted by Crippen LogP contribution is 2.28. The monoisotopic (exact) mass is 295 g/mol. The van der Waals surface area contributed by atoms with E-state index in [1.807, 2.05) is 0 Å². The van der Waals surface area contributed by atoms with E-state index in [2.05, 4.69) is 11.9 Å². The summed E-state index contributed by atoms with van der Waals surface area (Å²) in [4.78, 5) is 13.9. The lowest BCUT2D eigenvalue weighted by Gasteiger charge is -2.33. The van der Waals surface area contributed by atoms with E-state index < -0.39 is 0 Å². The first kappa shape index (κ1) is 16.0. The maximum atomic E-state index is 11.6. The Morgan fingerprint density at radius 3 is 2.67 bits per heavy atom. The second kappa shape index (κ2) is 7.09. The molecule has 0 unspecified atom stereocenters. The third kappa shape index (κ3) is 3.86. The molecule has 0 aromatic carbocycles. The molecule has 1 aliphatic carbocycles. The van der Waals surface area contributed by atoms with Crippen LogP contribution in [-0.2, 0) is 11.3 Å². The minimum absolute atomic E-state index is 0.302. The molecule has 1 heterocycles. The molecule has 118 valence electrons. The van der Waals surface area contributed by atoms with Crippen molar-refractivity contribution in [2.45, 2.75) is 45.2 Å². The van der Waals surface area contributed by atoms with Gasteiger partial charge in [-0.05, 0) is 51.6 Å². The summed E-state index contributed by atoms with van der Waals surface area (Å²) in [5.41, 5.74) is 0.505. The average Bonchev–Trinajstić information content (AvgIpc) is 2.87. The highest BCUT2D eigenvalue weighted by molar-refractivity contribution is 5.90. The van der Waals surface area contributed by atoms with Crippen molar-refractivity contribution in [2.24, 2.45) is 5.92 Å². The predicted octanol–water partition coefficient (Wildman–Crippen LogP) is 2.36. The molecule has 0 spiro atoms. The average molecular weight is 295 g/mol. The fourth-order valence-electron chi connectivity index (χ4n) is 3.08. The summed E-state index contributed by atoms with van der Waals surface area (Å²) < 4.78 is 10.4. The van der Waals surface area contributed by atoms with Crippen molar-refractivity contribution in [1.29, 1.82) is 0 Å². The molecule has 0 atom stereocenters. The van der Waals surface area contributed by atoms with Crippen molar-refractivity contribution in [3.63, 3.8) is 0 Å². The number of nitrogens with zero attached hydrogens (tertiary/aromatic N) is 1. The summed E-state index contributed by atoms with van der Waals surface area (Å²) in [6.07, 6.45) is 4.36. The second-order valence-corrected chi connectivity index (χ2v) is 5.95. The van der Waals surface area contributed by atoms with Crippen molar-refractivity contribution in [2.75, 3.05) is 20.8 Å². The van der Waals surface area contributed by atoms with E-state index in [4.69, 9.17) is 9.15 Å². The van der Waals surface area contributed by atoms with Gasteiger partial charge in [0.2, 0.25) is 0 Å². The molecular weight excluding hydrogens is 270 g/mol. The van der Waals surface area contributed by atoms with Crippen LogP contribution in [0.15, 0.2) is 10.5 Å². The van der Waals surface area contributed by atoms with E-state index in [1.54, 1.807) is 13.0 Å². The Morgan fingerprint density at radius 1 is 1.43 bits per heavy atom. The largest absolute Gasteiger partial charge is 0.465 e. The first-order valence-electron chi connectivity index (χ1n) is 7.53. The normalized spacial score (nSPS) is 22.5. The molecule has 21 heavy (non-hydrogen) atoms. The van der Waals surface area contributed by atoms with Crippen molar-refractivity contribution < 1.29 is 19.1 Å². The Labute approximate surface area is 125 Å². The third-order valence-electron chi connectivity index (χ3n) is 4.48. The molecule has 2 rings (SSSR count). The first-order valence-corrected chi connectivity index (χ1v) is 7.53. The van der Waals surface area contributed by atoms with Crippen LogP contribution >= 0.6 is 0 Å². The fraction of sp³-hybridized carbons (Fsp3) is 0.688. The molecule has 1 N–H and O–H groups in total. The Hall–Kier alpha value is -1.33. The SMILES string of the molecule is COC(=O)c1cc(CN(C)C2CCC(CO)CC2)oc1C. The number of carbonyl (C=O) groups excluding carboxylic acids is 1. The number of hydrogen-bond donors (Lipinski definition) is 1. The van der Waals surface area contributed by atoms with Crippen molar-refractivity contribution in [1.82, 2.24) is 4.90 Å². The maximum Gasteiger partial charge on any atom is 0.341 e. The van der Waals surface area contributed by atoms with Crippen LogP contribution in [0.5, 0.6) is 0 Å². The van der Waals surface area contributed by atoms with Crippen molar-refractivity contribution in [3.8, 4) is 0 Å². The van der Waals surface area contributed by atoms with Crippen LogP contribution in [-0.4, -0.2) is 42.8 Å². The Bertz CT molecular complexity index is 475. The summed E-state index contributed by atoms with van der Waals surface area (Å²) >= 11 is 0. The van der Waals surface area contributed by atoms with E-state index in [0.29, 0.717) is 36.4 Å². The van der Waals surface area contributed by atoms with E-state index in [-0.39, 0.29) is 5.97 Å².